The summed E-state index contributed by atoms with van der Waals surface area (Å²) in [6.07, 6.45) is 0. The molecule has 0 amide bonds. The van der Waals surface area contributed by atoms with E-state index in [-0.39, 0.29) is 0 Å². The van der Waals surface area contributed by atoms with Crippen molar-refractivity contribution in [1.82, 2.24) is 9.13 Å². The zero-order valence-corrected chi connectivity index (χ0v) is 74.5. The maximum absolute atomic E-state index is 7.01. The van der Waals surface area contributed by atoms with Crippen molar-refractivity contribution >= 4 is 175 Å². The van der Waals surface area contributed by atoms with Crippen molar-refractivity contribution in [1.29, 1.82) is 0 Å². The third kappa shape index (κ3) is 11.9. The third-order valence-electron chi connectivity index (χ3n) is 28.7. The number of rotatable bonds is 12. The Hall–Kier alpha value is -17.6. The molecule has 0 radical (unpaired) electrons. The molecule has 136 heavy (non-hydrogen) atoms. The van der Waals surface area contributed by atoms with E-state index >= 15 is 0 Å². The van der Waals surface area contributed by atoms with Gasteiger partial charge in [-0.25, -0.2) is 0 Å². The monoisotopic (exact) mass is 1750 g/mol. The average Bonchev–Trinajstić information content (AvgIpc) is 1.50. The summed E-state index contributed by atoms with van der Waals surface area (Å²) in [7, 11) is 0. The van der Waals surface area contributed by atoms with E-state index in [1.807, 2.05) is 11.3 Å². The van der Waals surface area contributed by atoms with Crippen molar-refractivity contribution in [2.24, 2.45) is 0 Å². The Morgan fingerprint density at radius 1 is 0.206 bits per heavy atom. The first-order valence-corrected chi connectivity index (χ1v) is 47.5. The topological polar surface area (TPSA) is 42.6 Å². The summed E-state index contributed by atoms with van der Waals surface area (Å²) in [5.41, 5.74) is 36.0. The molecule has 0 bridgehead atoms. The molecule has 5 heterocycles. The SMILES string of the molecule is c1ccc(-c2ccc(N(c3ccc(-c4cc5c6ccccc6n(-c6ccc7ccccc7c6)c5c5c4oc4ccccc45)cc3)c3ccc4c(c3)C3(c5ccccc5-c5ccccc53)c3ccccc3-4)cc2)cc1.c1ccc(-c2ccc(N(c3ccc(-c4cc5c6ccccc6n(-c6ccc7ccccc7c6)c5c5c4oc4ccccc45)cc3)c3ccc4sc5ccccc5c4c3)cc2)cc1. The molecular formula is C129H80N4O2S. The second-order valence-corrected chi connectivity index (χ2v) is 37.1. The van der Waals surface area contributed by atoms with Crippen molar-refractivity contribution < 1.29 is 8.83 Å². The van der Waals surface area contributed by atoms with E-state index < -0.39 is 5.41 Å². The Bertz CT molecular complexity index is 9490. The smallest absolute Gasteiger partial charge is 0.145 e. The van der Waals surface area contributed by atoms with Gasteiger partial charge in [0.1, 0.15) is 22.3 Å². The van der Waals surface area contributed by atoms with E-state index in [0.29, 0.717) is 0 Å². The standard InChI is InChI=1S/C71H44N2O.C58H36N2OS/c1-2-16-45(17-3-1)47-30-35-50(36-31-47)72(53-40-41-57-56-22-8-13-27-64(56)71(65(57)43-53)62-25-11-6-20-54(62)55-21-7-12-26-63(55)71)51-37-33-48(34-38-51)60-44-61-58-23-9-14-28-66(58)73(52-39-32-46-18-4-5-19-49(46)42-52)69(61)68-59-24-10-15-29-67(59)74-70(60)68;1-2-12-37(13-3-1)39-22-27-42(28-23-39)59(45-32-33-55-50(35-45)47-17-8-11-21-54(47)62-55)43-29-25-40(26-30-43)49-36-51-46-16-6-9-19-52(46)60(44-31-24-38-14-4-5-15-41(38)34-44)57(51)56-48-18-7-10-20-53(48)61-58(49)56/h1-44H;1-36H. The van der Waals surface area contributed by atoms with Gasteiger partial charge in [-0.2, -0.15) is 0 Å². The lowest BCUT2D eigenvalue weighted by molar-refractivity contribution is 0.670. The second kappa shape index (κ2) is 30.8. The zero-order chi connectivity index (χ0) is 89.2. The summed E-state index contributed by atoms with van der Waals surface area (Å²) in [6.45, 7) is 0. The fourth-order valence-corrected chi connectivity index (χ4v) is 23.8. The maximum atomic E-state index is 7.01. The van der Waals surface area contributed by atoms with Crippen LogP contribution in [0.2, 0.25) is 0 Å². The highest BCUT2D eigenvalue weighted by Gasteiger charge is 2.52. The third-order valence-corrected chi connectivity index (χ3v) is 29.9. The zero-order valence-electron chi connectivity index (χ0n) is 73.7. The minimum Gasteiger partial charge on any atom is -0.455 e. The first-order valence-electron chi connectivity index (χ1n) is 46.6. The number of anilines is 6. The summed E-state index contributed by atoms with van der Waals surface area (Å²) in [5, 5.41) is 16.7. The van der Waals surface area contributed by atoms with Crippen LogP contribution in [0.5, 0.6) is 0 Å². The van der Waals surface area contributed by atoms with Crippen LogP contribution in [0.4, 0.5) is 34.1 Å². The summed E-state index contributed by atoms with van der Waals surface area (Å²) >= 11 is 1.85. The molecule has 22 aromatic carbocycles. The largest absolute Gasteiger partial charge is 0.455 e. The minimum absolute atomic E-state index is 0.462. The molecule has 6 nitrogen and oxygen atoms in total. The van der Waals surface area contributed by atoms with Gasteiger partial charge in [-0.1, -0.05) is 340 Å². The van der Waals surface area contributed by atoms with E-state index in [4.69, 9.17) is 8.83 Å². The fourth-order valence-electron chi connectivity index (χ4n) is 22.7. The Balaban J connectivity index is 0.000000137. The van der Waals surface area contributed by atoms with Gasteiger partial charge in [0.25, 0.3) is 0 Å². The Labute approximate surface area is 787 Å². The Morgan fingerprint density at radius 3 is 1.02 bits per heavy atom. The molecule has 0 fully saturated rings. The van der Waals surface area contributed by atoms with E-state index in [1.165, 1.54) is 136 Å². The number of thiophene rings is 1. The predicted octanol–water partition coefficient (Wildman–Crippen LogP) is 36.0. The van der Waals surface area contributed by atoms with Crippen LogP contribution >= 0.6 is 11.3 Å². The number of aromatic nitrogens is 2. The normalized spacial score (nSPS) is 12.5. The van der Waals surface area contributed by atoms with Gasteiger partial charge in [0.15, 0.2) is 0 Å². The highest BCUT2D eigenvalue weighted by atomic mass is 32.1. The first kappa shape index (κ1) is 77.2. The Morgan fingerprint density at radius 2 is 0.551 bits per heavy atom. The van der Waals surface area contributed by atoms with Crippen LogP contribution in [0.1, 0.15) is 22.3 Å². The van der Waals surface area contributed by atoms with Gasteiger partial charge in [-0.3, -0.25) is 0 Å². The summed E-state index contributed by atoms with van der Waals surface area (Å²) in [4.78, 5) is 4.81. The number of benzene rings is 22. The van der Waals surface area contributed by atoms with Crippen LogP contribution < -0.4 is 9.80 Å². The van der Waals surface area contributed by atoms with Crippen molar-refractivity contribution in [3.05, 3.63) is 508 Å². The van der Waals surface area contributed by atoms with Crippen molar-refractivity contribution in [3.8, 4) is 78.1 Å². The van der Waals surface area contributed by atoms with Gasteiger partial charge in [0.2, 0.25) is 0 Å². The van der Waals surface area contributed by atoms with Gasteiger partial charge in [-0.15, -0.1) is 11.3 Å². The van der Waals surface area contributed by atoms with E-state index in [9.17, 15) is 0 Å². The van der Waals surface area contributed by atoms with Crippen molar-refractivity contribution in [2.45, 2.75) is 5.41 Å². The fraction of sp³-hybridized carbons (Fsp3) is 0.00775. The molecular weight excluding hydrogens is 1670 g/mol. The van der Waals surface area contributed by atoms with Crippen LogP contribution in [-0.2, 0) is 5.41 Å². The molecule has 27 aromatic rings. The van der Waals surface area contributed by atoms with E-state index in [0.717, 1.165) is 128 Å². The number of hydrogen-bond acceptors (Lipinski definition) is 5. The number of hydrogen-bond donors (Lipinski definition) is 0. The molecule has 7 heteroatoms. The van der Waals surface area contributed by atoms with Gasteiger partial charge < -0.3 is 27.8 Å². The maximum Gasteiger partial charge on any atom is 0.145 e. The van der Waals surface area contributed by atoms with Crippen LogP contribution in [0, 0.1) is 0 Å². The molecule has 0 unspecified atom stereocenters. The molecule has 1 spiro atoms. The number of nitrogens with zero attached hydrogens (tertiary/aromatic N) is 4. The van der Waals surface area contributed by atoms with Gasteiger partial charge in [-0.05, 0) is 245 Å². The van der Waals surface area contributed by atoms with Gasteiger partial charge in [0, 0.05) is 109 Å². The lowest BCUT2D eigenvalue weighted by Gasteiger charge is -2.32. The van der Waals surface area contributed by atoms with Crippen molar-refractivity contribution in [3.63, 3.8) is 0 Å². The predicted molar refractivity (Wildman–Crippen MR) is 571 cm³/mol. The summed E-state index contributed by atoms with van der Waals surface area (Å²) in [6, 6.07) is 177. The molecule has 0 saturated carbocycles. The molecule has 5 aromatic heterocycles. The summed E-state index contributed by atoms with van der Waals surface area (Å²) < 4.78 is 21.4. The number of furan rings is 2. The molecule has 29 rings (SSSR count). The van der Waals surface area contributed by atoms with Gasteiger partial charge in [0.05, 0.1) is 38.3 Å². The molecule has 2 aliphatic carbocycles. The lowest BCUT2D eigenvalue weighted by atomic mass is 9.70. The highest BCUT2D eigenvalue weighted by Crippen LogP contribution is 2.64. The average molecular weight is 1750 g/mol. The molecule has 634 valence electrons. The quantitative estimate of drug-likeness (QED) is 0.122. The molecule has 0 saturated heterocycles. The molecule has 0 N–H and O–H groups in total. The van der Waals surface area contributed by atoms with E-state index in [1.54, 1.807) is 0 Å². The molecule has 2 aliphatic rings. The van der Waals surface area contributed by atoms with Crippen molar-refractivity contribution in [2.75, 3.05) is 9.80 Å². The highest BCUT2D eigenvalue weighted by molar-refractivity contribution is 7.25. The molecule has 0 atom stereocenters. The Kier molecular flexibility index (Phi) is 17.4. The minimum atomic E-state index is -0.462. The second-order valence-electron chi connectivity index (χ2n) is 36.0. The number of para-hydroxylation sites is 4. The van der Waals surface area contributed by atoms with Crippen LogP contribution in [0.3, 0.4) is 0 Å². The molecule has 0 aliphatic heterocycles. The first-order chi connectivity index (χ1) is 67.4. The van der Waals surface area contributed by atoms with E-state index in [2.05, 4.69) is 504 Å². The lowest BCUT2D eigenvalue weighted by Crippen LogP contribution is -2.26. The van der Waals surface area contributed by atoms with Crippen LogP contribution in [0.25, 0.3) is 207 Å². The van der Waals surface area contributed by atoms with Gasteiger partial charge >= 0.3 is 0 Å². The summed E-state index contributed by atoms with van der Waals surface area (Å²) in [5.74, 6) is 0. The number of fused-ring (bicyclic) bond motifs is 29. The van der Waals surface area contributed by atoms with Crippen LogP contribution in [0.15, 0.2) is 494 Å². The van der Waals surface area contributed by atoms with Crippen LogP contribution in [-0.4, -0.2) is 9.13 Å².